The Bertz CT molecular complexity index is 983. The number of pyridine rings is 1. The Morgan fingerprint density at radius 2 is 1.68 bits per heavy atom. The first-order valence-electron chi connectivity index (χ1n) is 8.00. The van der Waals surface area contributed by atoms with Gasteiger partial charge in [0.05, 0.1) is 5.39 Å². The minimum absolute atomic E-state index is 0.632. The summed E-state index contributed by atoms with van der Waals surface area (Å²) in [6, 6.07) is 21.6. The second kappa shape index (κ2) is 6.97. The Morgan fingerprint density at radius 3 is 2.60 bits per heavy atom. The molecule has 0 radical (unpaired) electrons. The zero-order chi connectivity index (χ0) is 16.9. The number of anilines is 1. The molecule has 25 heavy (non-hydrogen) atoms. The monoisotopic (exact) mass is 328 g/mol. The number of ether oxygens (including phenoxy) is 1. The van der Waals surface area contributed by atoms with Gasteiger partial charge in [-0.15, -0.1) is 0 Å². The smallest absolute Gasteiger partial charge is 0.164 e. The number of nitrogens with one attached hydrogen (secondary N) is 1. The normalized spacial score (nSPS) is 10.6. The lowest BCUT2D eigenvalue weighted by atomic mass is 10.2. The van der Waals surface area contributed by atoms with Crippen molar-refractivity contribution in [2.45, 2.75) is 6.54 Å². The quantitative estimate of drug-likeness (QED) is 0.587. The lowest BCUT2D eigenvalue weighted by molar-refractivity contribution is 0.482. The van der Waals surface area contributed by atoms with Gasteiger partial charge >= 0.3 is 0 Å². The molecule has 4 aromatic rings. The second-order valence-electron chi connectivity index (χ2n) is 5.51. The summed E-state index contributed by atoms with van der Waals surface area (Å²) in [7, 11) is 0. The van der Waals surface area contributed by atoms with E-state index in [0.29, 0.717) is 12.2 Å². The Morgan fingerprint density at radius 1 is 0.800 bits per heavy atom. The fraction of sp³-hybridized carbons (Fsp3) is 0.0500. The molecule has 0 spiro atoms. The van der Waals surface area contributed by atoms with Crippen LogP contribution in [0.25, 0.3) is 11.0 Å². The van der Waals surface area contributed by atoms with Gasteiger partial charge in [-0.05, 0) is 42.0 Å². The Balaban J connectivity index is 1.50. The standard InChI is InChI=1S/C20H16N4O/c1-2-7-16(8-3-1)25-17-9-4-6-15(12-17)13-22-20-18-10-5-11-21-19(18)23-14-24-20/h1-12,14H,13H2,(H,21,22,23,24). The molecule has 1 N–H and O–H groups in total. The first kappa shape index (κ1) is 15.1. The highest BCUT2D eigenvalue weighted by Crippen LogP contribution is 2.23. The number of nitrogens with zero attached hydrogens (tertiary/aromatic N) is 3. The van der Waals surface area contributed by atoms with E-state index in [1.54, 1.807) is 6.20 Å². The maximum Gasteiger partial charge on any atom is 0.164 e. The highest BCUT2D eigenvalue weighted by molar-refractivity contribution is 5.85. The molecule has 0 aliphatic rings. The first-order valence-corrected chi connectivity index (χ1v) is 8.00. The summed E-state index contributed by atoms with van der Waals surface area (Å²) in [5.74, 6) is 2.40. The predicted octanol–water partition coefficient (Wildman–Crippen LogP) is 4.43. The Hall–Kier alpha value is -3.47. The third-order valence-corrected chi connectivity index (χ3v) is 3.75. The fourth-order valence-electron chi connectivity index (χ4n) is 2.57. The van der Waals surface area contributed by atoms with Gasteiger partial charge in [-0.3, -0.25) is 0 Å². The van der Waals surface area contributed by atoms with Crippen LogP contribution in [-0.2, 0) is 6.54 Å². The van der Waals surface area contributed by atoms with E-state index in [9.17, 15) is 0 Å². The molecule has 0 bridgehead atoms. The molecular weight excluding hydrogens is 312 g/mol. The van der Waals surface area contributed by atoms with Crippen LogP contribution in [0.15, 0.2) is 79.3 Å². The van der Waals surface area contributed by atoms with E-state index in [1.807, 2.05) is 66.7 Å². The number of hydrogen-bond acceptors (Lipinski definition) is 5. The van der Waals surface area contributed by atoms with E-state index < -0.39 is 0 Å². The third kappa shape index (κ3) is 3.55. The Kier molecular flexibility index (Phi) is 4.20. The van der Waals surface area contributed by atoms with Crippen molar-refractivity contribution < 1.29 is 4.74 Å². The van der Waals surface area contributed by atoms with E-state index in [4.69, 9.17) is 4.74 Å². The van der Waals surface area contributed by atoms with Crippen molar-refractivity contribution in [3.05, 3.63) is 84.8 Å². The predicted molar refractivity (Wildman–Crippen MR) is 97.6 cm³/mol. The summed E-state index contributed by atoms with van der Waals surface area (Å²) >= 11 is 0. The van der Waals surface area contributed by atoms with E-state index in [2.05, 4.69) is 20.3 Å². The molecule has 122 valence electrons. The number of fused-ring (bicyclic) bond motifs is 1. The molecule has 0 saturated carbocycles. The molecule has 0 fully saturated rings. The van der Waals surface area contributed by atoms with Crippen molar-refractivity contribution in [2.75, 3.05) is 5.32 Å². The minimum atomic E-state index is 0.632. The first-order chi connectivity index (χ1) is 12.4. The minimum Gasteiger partial charge on any atom is -0.457 e. The lowest BCUT2D eigenvalue weighted by Crippen LogP contribution is -2.03. The van der Waals surface area contributed by atoms with Gasteiger partial charge in [0.25, 0.3) is 0 Å². The van der Waals surface area contributed by atoms with Crippen LogP contribution in [0.5, 0.6) is 11.5 Å². The van der Waals surface area contributed by atoms with Gasteiger partial charge in [0.2, 0.25) is 0 Å². The molecule has 0 saturated heterocycles. The summed E-state index contributed by atoms with van der Waals surface area (Å²) < 4.78 is 5.88. The van der Waals surface area contributed by atoms with Gasteiger partial charge in [0, 0.05) is 12.7 Å². The fourth-order valence-corrected chi connectivity index (χ4v) is 2.57. The zero-order valence-corrected chi connectivity index (χ0v) is 13.5. The number of aromatic nitrogens is 3. The van der Waals surface area contributed by atoms with Crippen LogP contribution in [-0.4, -0.2) is 15.0 Å². The zero-order valence-electron chi connectivity index (χ0n) is 13.5. The number of rotatable bonds is 5. The molecule has 5 heteroatoms. The third-order valence-electron chi connectivity index (χ3n) is 3.75. The van der Waals surface area contributed by atoms with Gasteiger partial charge in [-0.1, -0.05) is 30.3 Å². The van der Waals surface area contributed by atoms with Crippen LogP contribution in [0.2, 0.25) is 0 Å². The van der Waals surface area contributed by atoms with E-state index >= 15 is 0 Å². The SMILES string of the molecule is c1ccc(Oc2cccc(CNc3ncnc4ncccc34)c2)cc1. The molecule has 0 aliphatic carbocycles. The molecule has 0 atom stereocenters. The highest BCUT2D eigenvalue weighted by Gasteiger charge is 2.04. The van der Waals surface area contributed by atoms with Gasteiger partial charge < -0.3 is 10.1 Å². The van der Waals surface area contributed by atoms with E-state index in [0.717, 1.165) is 28.3 Å². The van der Waals surface area contributed by atoms with Gasteiger partial charge in [-0.25, -0.2) is 15.0 Å². The van der Waals surface area contributed by atoms with E-state index in [1.165, 1.54) is 6.33 Å². The van der Waals surface area contributed by atoms with Crippen molar-refractivity contribution in [3.8, 4) is 11.5 Å². The molecular formula is C20H16N4O. The summed E-state index contributed by atoms with van der Waals surface area (Å²) in [5.41, 5.74) is 1.78. The maximum absolute atomic E-state index is 5.88. The Labute approximate surface area is 145 Å². The summed E-state index contributed by atoms with van der Waals surface area (Å²) in [6.45, 7) is 0.632. The topological polar surface area (TPSA) is 59.9 Å². The average Bonchev–Trinajstić information content (AvgIpc) is 2.67. The number of benzene rings is 2. The molecule has 2 heterocycles. The van der Waals surface area contributed by atoms with Crippen LogP contribution < -0.4 is 10.1 Å². The van der Waals surface area contributed by atoms with E-state index in [-0.39, 0.29) is 0 Å². The van der Waals surface area contributed by atoms with Crippen molar-refractivity contribution in [1.29, 1.82) is 0 Å². The van der Waals surface area contributed by atoms with Gasteiger partial charge in [-0.2, -0.15) is 0 Å². The van der Waals surface area contributed by atoms with Gasteiger partial charge in [0.15, 0.2) is 5.65 Å². The molecule has 2 aromatic heterocycles. The van der Waals surface area contributed by atoms with Gasteiger partial charge in [0.1, 0.15) is 23.6 Å². The highest BCUT2D eigenvalue weighted by atomic mass is 16.5. The van der Waals surface area contributed by atoms with Crippen LogP contribution in [0, 0.1) is 0 Å². The van der Waals surface area contributed by atoms with Crippen molar-refractivity contribution >= 4 is 16.9 Å². The number of para-hydroxylation sites is 1. The summed E-state index contributed by atoms with van der Waals surface area (Å²) in [4.78, 5) is 12.7. The molecule has 5 nitrogen and oxygen atoms in total. The summed E-state index contributed by atoms with van der Waals surface area (Å²) in [6.07, 6.45) is 3.25. The lowest BCUT2D eigenvalue weighted by Gasteiger charge is -2.10. The van der Waals surface area contributed by atoms with Crippen LogP contribution in [0.1, 0.15) is 5.56 Å². The molecule has 0 unspecified atom stereocenters. The second-order valence-corrected chi connectivity index (χ2v) is 5.51. The molecule has 0 amide bonds. The van der Waals surface area contributed by atoms with Crippen LogP contribution in [0.3, 0.4) is 0 Å². The van der Waals surface area contributed by atoms with Crippen LogP contribution in [0.4, 0.5) is 5.82 Å². The molecule has 2 aromatic carbocycles. The van der Waals surface area contributed by atoms with Crippen molar-refractivity contribution in [3.63, 3.8) is 0 Å². The van der Waals surface area contributed by atoms with Crippen molar-refractivity contribution in [1.82, 2.24) is 15.0 Å². The largest absolute Gasteiger partial charge is 0.457 e. The summed E-state index contributed by atoms with van der Waals surface area (Å²) in [5, 5.41) is 4.25. The maximum atomic E-state index is 5.88. The molecule has 4 rings (SSSR count). The average molecular weight is 328 g/mol. The molecule has 0 aliphatic heterocycles. The number of hydrogen-bond donors (Lipinski definition) is 1. The van der Waals surface area contributed by atoms with Crippen molar-refractivity contribution in [2.24, 2.45) is 0 Å². The van der Waals surface area contributed by atoms with Crippen LogP contribution >= 0.6 is 0 Å².